The van der Waals surface area contributed by atoms with E-state index in [0.29, 0.717) is 30.7 Å². The summed E-state index contributed by atoms with van der Waals surface area (Å²) in [4.78, 5) is 25.2. The summed E-state index contributed by atoms with van der Waals surface area (Å²) in [5, 5.41) is 16.5. The number of carbonyl (C=O) groups is 2. The van der Waals surface area contributed by atoms with Crippen LogP contribution in [0.4, 0.5) is 10.6 Å². The van der Waals surface area contributed by atoms with Crippen molar-refractivity contribution in [3.63, 3.8) is 0 Å². The SMILES string of the molecule is Cc1cc(NC(=O)N2CCC(C)(C(=O)O)C2)nn1C(C)C1CC1. The van der Waals surface area contributed by atoms with Crippen LogP contribution >= 0.6 is 0 Å². The highest BCUT2D eigenvalue weighted by atomic mass is 16.4. The number of hydrogen-bond acceptors (Lipinski definition) is 3. The van der Waals surface area contributed by atoms with Gasteiger partial charge < -0.3 is 10.0 Å². The molecule has 2 atom stereocenters. The van der Waals surface area contributed by atoms with Crippen molar-refractivity contribution in [3.05, 3.63) is 11.8 Å². The highest BCUT2D eigenvalue weighted by molar-refractivity contribution is 5.89. The molecule has 1 aliphatic carbocycles. The standard InChI is InChI=1S/C16H24N4O3/c1-10-8-13(18-20(10)11(2)12-4-5-12)17-15(23)19-7-6-16(3,9-19)14(21)22/h8,11-12H,4-7,9H2,1-3H3,(H,21,22)(H,17,18,23). The molecule has 0 bridgehead atoms. The van der Waals surface area contributed by atoms with E-state index in [0.717, 1.165) is 5.69 Å². The Morgan fingerprint density at radius 1 is 1.48 bits per heavy atom. The lowest BCUT2D eigenvalue weighted by Gasteiger charge is -2.20. The Kier molecular flexibility index (Phi) is 3.82. The molecular formula is C16H24N4O3. The van der Waals surface area contributed by atoms with Crippen LogP contribution in [0, 0.1) is 18.3 Å². The van der Waals surface area contributed by atoms with E-state index in [9.17, 15) is 14.7 Å². The lowest BCUT2D eigenvalue weighted by Crippen LogP contribution is -2.37. The van der Waals surface area contributed by atoms with Gasteiger partial charge in [-0.25, -0.2) is 4.79 Å². The second-order valence-electron chi connectivity index (χ2n) is 7.16. The minimum absolute atomic E-state index is 0.229. The number of aliphatic carboxylic acids is 1. The van der Waals surface area contributed by atoms with Crippen LogP contribution in [0.5, 0.6) is 0 Å². The molecular weight excluding hydrogens is 296 g/mol. The quantitative estimate of drug-likeness (QED) is 0.892. The summed E-state index contributed by atoms with van der Waals surface area (Å²) in [5.41, 5.74) is 0.170. The number of carboxylic acids is 1. The number of nitrogens with zero attached hydrogens (tertiary/aromatic N) is 3. The molecule has 1 aromatic rings. The second-order valence-corrected chi connectivity index (χ2v) is 7.16. The van der Waals surface area contributed by atoms with Gasteiger partial charge in [0.05, 0.1) is 11.5 Å². The van der Waals surface area contributed by atoms with Crippen LogP contribution in [-0.2, 0) is 4.79 Å². The number of hydrogen-bond donors (Lipinski definition) is 2. The van der Waals surface area contributed by atoms with Gasteiger partial charge in [0.25, 0.3) is 0 Å². The maximum Gasteiger partial charge on any atom is 0.323 e. The van der Waals surface area contributed by atoms with E-state index in [4.69, 9.17) is 0 Å². The third-order valence-corrected chi connectivity index (χ3v) is 5.12. The molecule has 2 unspecified atom stereocenters. The predicted octanol–water partition coefficient (Wildman–Crippen LogP) is 2.49. The van der Waals surface area contributed by atoms with Crippen molar-refractivity contribution in [2.75, 3.05) is 18.4 Å². The van der Waals surface area contributed by atoms with E-state index in [1.165, 1.54) is 12.8 Å². The van der Waals surface area contributed by atoms with Crippen molar-refractivity contribution in [3.8, 4) is 0 Å². The second kappa shape index (κ2) is 5.54. The largest absolute Gasteiger partial charge is 0.481 e. The summed E-state index contributed by atoms with van der Waals surface area (Å²) < 4.78 is 1.97. The van der Waals surface area contributed by atoms with Crippen molar-refractivity contribution >= 4 is 17.8 Å². The molecule has 7 nitrogen and oxygen atoms in total. The van der Waals surface area contributed by atoms with Gasteiger partial charge >= 0.3 is 12.0 Å². The summed E-state index contributed by atoms with van der Waals surface area (Å²) in [5.74, 6) is 0.363. The first-order valence-electron chi connectivity index (χ1n) is 8.15. The number of carboxylic acid groups (broad SMARTS) is 1. The molecule has 2 N–H and O–H groups in total. The van der Waals surface area contributed by atoms with E-state index in [1.54, 1.807) is 11.8 Å². The van der Waals surface area contributed by atoms with Crippen LogP contribution in [0.15, 0.2) is 6.07 Å². The van der Waals surface area contributed by atoms with Gasteiger partial charge in [-0.15, -0.1) is 0 Å². The van der Waals surface area contributed by atoms with Crippen LogP contribution < -0.4 is 5.32 Å². The van der Waals surface area contributed by atoms with Gasteiger partial charge in [0.15, 0.2) is 5.82 Å². The molecule has 3 rings (SSSR count). The highest BCUT2D eigenvalue weighted by Crippen LogP contribution is 2.39. The van der Waals surface area contributed by atoms with Crippen LogP contribution in [0.25, 0.3) is 0 Å². The van der Waals surface area contributed by atoms with E-state index in [2.05, 4.69) is 17.3 Å². The maximum absolute atomic E-state index is 12.3. The third-order valence-electron chi connectivity index (χ3n) is 5.12. The first kappa shape index (κ1) is 15.8. The Labute approximate surface area is 135 Å². The summed E-state index contributed by atoms with van der Waals surface area (Å²) >= 11 is 0. The molecule has 126 valence electrons. The number of nitrogens with one attached hydrogen (secondary N) is 1. The van der Waals surface area contributed by atoms with Crippen LogP contribution in [0.3, 0.4) is 0 Å². The molecule has 1 saturated carbocycles. The molecule has 23 heavy (non-hydrogen) atoms. The normalized spacial score (nSPS) is 25.4. The monoisotopic (exact) mass is 320 g/mol. The molecule has 2 aliphatic rings. The van der Waals surface area contributed by atoms with Gasteiger partial charge in [-0.1, -0.05) is 0 Å². The van der Waals surface area contributed by atoms with Gasteiger partial charge in [0.1, 0.15) is 0 Å². The topological polar surface area (TPSA) is 87.5 Å². The van der Waals surface area contributed by atoms with Crippen molar-refractivity contribution in [2.45, 2.75) is 46.1 Å². The van der Waals surface area contributed by atoms with Gasteiger partial charge in [0, 0.05) is 24.8 Å². The van der Waals surface area contributed by atoms with Crippen molar-refractivity contribution in [1.82, 2.24) is 14.7 Å². The summed E-state index contributed by atoms with van der Waals surface area (Å²) in [6.45, 7) is 6.50. The number of urea groups is 1. The molecule has 0 spiro atoms. The van der Waals surface area contributed by atoms with Crippen LogP contribution in [0.1, 0.15) is 44.8 Å². The molecule has 2 amide bonds. The highest BCUT2D eigenvalue weighted by Gasteiger charge is 2.42. The smallest absolute Gasteiger partial charge is 0.323 e. The fraction of sp³-hybridized carbons (Fsp3) is 0.688. The van der Waals surface area contributed by atoms with Crippen LogP contribution in [0.2, 0.25) is 0 Å². The van der Waals surface area contributed by atoms with Crippen molar-refractivity contribution in [2.24, 2.45) is 11.3 Å². The minimum atomic E-state index is -0.855. The Hall–Kier alpha value is -2.05. The number of rotatable bonds is 4. The van der Waals surface area contributed by atoms with Crippen molar-refractivity contribution < 1.29 is 14.7 Å². The molecule has 2 fully saturated rings. The number of likely N-dealkylation sites (tertiary alicyclic amines) is 1. The summed E-state index contributed by atoms with van der Waals surface area (Å²) in [7, 11) is 0. The molecule has 7 heteroatoms. The minimum Gasteiger partial charge on any atom is -0.481 e. The first-order chi connectivity index (χ1) is 10.8. The predicted molar refractivity (Wildman–Crippen MR) is 85.4 cm³/mol. The number of amides is 2. The zero-order valence-corrected chi connectivity index (χ0v) is 13.9. The molecule has 1 aliphatic heterocycles. The summed E-state index contributed by atoms with van der Waals surface area (Å²) in [6.07, 6.45) is 2.95. The van der Waals surface area contributed by atoms with E-state index < -0.39 is 11.4 Å². The zero-order chi connectivity index (χ0) is 16.8. The van der Waals surface area contributed by atoms with E-state index >= 15 is 0 Å². The average Bonchev–Trinajstić information content (AvgIpc) is 3.16. The number of aryl methyl sites for hydroxylation is 1. The van der Waals surface area contributed by atoms with Crippen LogP contribution in [-0.4, -0.2) is 44.9 Å². The Balaban J connectivity index is 1.64. The fourth-order valence-electron chi connectivity index (χ4n) is 3.24. The molecule has 0 radical (unpaired) electrons. The van der Waals surface area contributed by atoms with Crippen molar-refractivity contribution in [1.29, 1.82) is 0 Å². The molecule has 0 aromatic carbocycles. The van der Waals surface area contributed by atoms with Gasteiger partial charge in [-0.2, -0.15) is 5.10 Å². The zero-order valence-electron chi connectivity index (χ0n) is 13.9. The Bertz CT molecular complexity index is 637. The fourth-order valence-corrected chi connectivity index (χ4v) is 3.24. The lowest BCUT2D eigenvalue weighted by molar-refractivity contribution is -0.146. The Morgan fingerprint density at radius 2 is 2.17 bits per heavy atom. The molecule has 1 saturated heterocycles. The van der Waals surface area contributed by atoms with Gasteiger partial charge in [-0.05, 0) is 46.0 Å². The number of aromatic nitrogens is 2. The van der Waals surface area contributed by atoms with E-state index in [-0.39, 0.29) is 12.6 Å². The average molecular weight is 320 g/mol. The third kappa shape index (κ3) is 3.04. The summed E-state index contributed by atoms with van der Waals surface area (Å²) in [6, 6.07) is 1.94. The first-order valence-corrected chi connectivity index (χ1v) is 8.15. The molecule has 1 aromatic heterocycles. The van der Waals surface area contributed by atoms with Gasteiger partial charge in [-0.3, -0.25) is 14.8 Å². The lowest BCUT2D eigenvalue weighted by atomic mass is 9.90. The number of anilines is 1. The number of carbonyl (C=O) groups excluding carboxylic acids is 1. The maximum atomic E-state index is 12.3. The Morgan fingerprint density at radius 3 is 2.74 bits per heavy atom. The van der Waals surface area contributed by atoms with Gasteiger partial charge in [0.2, 0.25) is 0 Å². The van der Waals surface area contributed by atoms with E-state index in [1.807, 2.05) is 17.7 Å². The molecule has 2 heterocycles.